The van der Waals surface area contributed by atoms with Crippen LogP contribution in [0, 0.1) is 13.8 Å². The molecule has 5 heteroatoms. The lowest BCUT2D eigenvalue weighted by molar-refractivity contribution is -0.137. The van der Waals surface area contributed by atoms with Crippen LogP contribution in [-0.4, -0.2) is 12.1 Å². The lowest BCUT2D eigenvalue weighted by Gasteiger charge is -2.24. The first-order valence-electron chi connectivity index (χ1n) is 17.9. The molecule has 266 valence electrons. The smallest absolute Gasteiger partial charge is 0.306 e. The average molecular weight is 681 g/mol. The standard InChI is InChI=1S/C45H55F3N2/c1-30(2)22-41(25-34(7)38-17-12-32(5)13-18-38)50-29-37-10-9-11-39(27-37)44-24-33(6)14-21-43(44)35(8)26-42(23-31(3)4)49-28-36-15-19-40(20-16-36)45(46,47)48/h9-24,27,34-35,41-42,49-50H,25-26,28-29H2,1-8H3/t34-,35-,41?,42?/m0/s1. The van der Waals surface area contributed by atoms with Gasteiger partial charge in [-0.25, -0.2) is 0 Å². The van der Waals surface area contributed by atoms with Gasteiger partial charge in [0.25, 0.3) is 0 Å². The molecule has 0 spiro atoms. The highest BCUT2D eigenvalue weighted by Crippen LogP contribution is 2.34. The molecule has 50 heavy (non-hydrogen) atoms. The molecule has 0 bridgehead atoms. The van der Waals surface area contributed by atoms with Gasteiger partial charge in [0.1, 0.15) is 0 Å². The van der Waals surface area contributed by atoms with Gasteiger partial charge in [0.2, 0.25) is 0 Å². The molecule has 4 rings (SSSR count). The summed E-state index contributed by atoms with van der Waals surface area (Å²) in [6.07, 6.45) is 2.12. The number of hydrogen-bond acceptors (Lipinski definition) is 2. The number of halogens is 3. The Hall–Kier alpha value is -3.93. The Morgan fingerprint density at radius 3 is 1.78 bits per heavy atom. The number of alkyl halides is 3. The second kappa shape index (κ2) is 17.8. The van der Waals surface area contributed by atoms with Crippen LogP contribution in [0.3, 0.4) is 0 Å². The van der Waals surface area contributed by atoms with Gasteiger partial charge >= 0.3 is 6.18 Å². The third-order valence-corrected chi connectivity index (χ3v) is 9.33. The Kier molecular flexibility index (Phi) is 13.9. The van der Waals surface area contributed by atoms with E-state index < -0.39 is 11.7 Å². The summed E-state index contributed by atoms with van der Waals surface area (Å²) in [5.74, 6) is 0.671. The van der Waals surface area contributed by atoms with Crippen molar-refractivity contribution in [3.8, 4) is 11.1 Å². The molecule has 0 aliphatic rings. The van der Waals surface area contributed by atoms with E-state index in [1.807, 2.05) is 0 Å². The molecule has 2 unspecified atom stereocenters. The van der Waals surface area contributed by atoms with Crippen LogP contribution in [0.25, 0.3) is 11.1 Å². The van der Waals surface area contributed by atoms with Gasteiger partial charge in [0, 0.05) is 25.2 Å². The number of rotatable bonds is 15. The van der Waals surface area contributed by atoms with Crippen LogP contribution in [0.4, 0.5) is 13.2 Å². The fourth-order valence-electron chi connectivity index (χ4n) is 6.65. The summed E-state index contributed by atoms with van der Waals surface area (Å²) in [5, 5.41) is 7.44. The van der Waals surface area contributed by atoms with Gasteiger partial charge in [-0.3, -0.25) is 0 Å². The maximum Gasteiger partial charge on any atom is 0.416 e. The molecule has 0 saturated heterocycles. The third-order valence-electron chi connectivity index (χ3n) is 9.33. The SMILES string of the molecule is CC(C)=CC(C[C@H](C)c1ccc(C)cc1)NCc1cccc(-c2cc(C)ccc2[C@@H](C)CC(C=C(C)C)NCc2ccc(C(F)(F)F)cc2)c1. The fourth-order valence-corrected chi connectivity index (χ4v) is 6.65. The van der Waals surface area contributed by atoms with Crippen molar-refractivity contribution in [3.05, 3.63) is 153 Å². The second-order valence-corrected chi connectivity index (χ2v) is 14.6. The van der Waals surface area contributed by atoms with Crippen molar-refractivity contribution in [1.82, 2.24) is 10.6 Å². The van der Waals surface area contributed by atoms with Crippen molar-refractivity contribution < 1.29 is 13.2 Å². The largest absolute Gasteiger partial charge is 0.416 e. The van der Waals surface area contributed by atoms with E-state index in [0.717, 1.165) is 37.1 Å². The maximum atomic E-state index is 13.1. The Bertz CT molecular complexity index is 1720. The van der Waals surface area contributed by atoms with Crippen molar-refractivity contribution in [2.75, 3.05) is 0 Å². The highest BCUT2D eigenvalue weighted by atomic mass is 19.4. The van der Waals surface area contributed by atoms with Crippen LogP contribution in [0.1, 0.15) is 105 Å². The molecule has 0 amide bonds. The normalized spacial score (nSPS) is 14.1. The maximum absolute atomic E-state index is 13.1. The first-order valence-corrected chi connectivity index (χ1v) is 17.9. The first kappa shape index (κ1) is 38.9. The number of nitrogens with one attached hydrogen (secondary N) is 2. The quantitative estimate of drug-likeness (QED) is 0.122. The summed E-state index contributed by atoms with van der Waals surface area (Å²) in [6, 6.07) is 30.3. The Morgan fingerprint density at radius 2 is 1.20 bits per heavy atom. The van der Waals surface area contributed by atoms with E-state index in [-0.39, 0.29) is 18.0 Å². The van der Waals surface area contributed by atoms with E-state index in [1.165, 1.54) is 50.1 Å². The van der Waals surface area contributed by atoms with Gasteiger partial charge in [-0.05, 0) is 118 Å². The highest BCUT2D eigenvalue weighted by Gasteiger charge is 2.30. The van der Waals surface area contributed by atoms with Crippen molar-refractivity contribution in [1.29, 1.82) is 0 Å². The van der Waals surface area contributed by atoms with Gasteiger partial charge in [-0.15, -0.1) is 0 Å². The average Bonchev–Trinajstić information content (AvgIpc) is 3.05. The second-order valence-electron chi connectivity index (χ2n) is 14.6. The molecule has 4 aromatic rings. The molecule has 4 atom stereocenters. The van der Waals surface area contributed by atoms with Crippen LogP contribution >= 0.6 is 0 Å². The van der Waals surface area contributed by atoms with Crippen LogP contribution < -0.4 is 10.6 Å². The zero-order chi connectivity index (χ0) is 36.4. The molecule has 0 radical (unpaired) electrons. The van der Waals surface area contributed by atoms with E-state index in [2.05, 4.69) is 145 Å². The summed E-state index contributed by atoms with van der Waals surface area (Å²) >= 11 is 0. The summed E-state index contributed by atoms with van der Waals surface area (Å²) in [4.78, 5) is 0. The molecule has 4 aromatic carbocycles. The molecule has 0 heterocycles. The van der Waals surface area contributed by atoms with Crippen LogP contribution in [0.5, 0.6) is 0 Å². The minimum atomic E-state index is -4.33. The van der Waals surface area contributed by atoms with Crippen LogP contribution in [0.15, 0.2) is 114 Å². The van der Waals surface area contributed by atoms with Gasteiger partial charge in [-0.2, -0.15) is 13.2 Å². The van der Waals surface area contributed by atoms with Crippen molar-refractivity contribution >= 4 is 0 Å². The number of benzene rings is 4. The summed E-state index contributed by atoms with van der Waals surface area (Å²) in [7, 11) is 0. The predicted molar refractivity (Wildman–Crippen MR) is 205 cm³/mol. The Labute approximate surface area is 298 Å². The molecule has 0 aliphatic heterocycles. The van der Waals surface area contributed by atoms with Crippen molar-refractivity contribution in [2.24, 2.45) is 0 Å². The topological polar surface area (TPSA) is 24.1 Å². The Balaban J connectivity index is 1.49. The lowest BCUT2D eigenvalue weighted by Crippen LogP contribution is -2.28. The monoisotopic (exact) mass is 680 g/mol. The van der Waals surface area contributed by atoms with Gasteiger partial charge in [-0.1, -0.05) is 121 Å². The van der Waals surface area contributed by atoms with Gasteiger partial charge < -0.3 is 10.6 Å². The van der Waals surface area contributed by atoms with E-state index in [1.54, 1.807) is 12.1 Å². The summed E-state index contributed by atoms with van der Waals surface area (Å²) < 4.78 is 39.2. The molecular formula is C45H55F3N2. The predicted octanol–water partition coefficient (Wildman–Crippen LogP) is 12.2. The Morgan fingerprint density at radius 1 is 0.640 bits per heavy atom. The molecular weight excluding hydrogens is 626 g/mol. The van der Waals surface area contributed by atoms with Crippen LogP contribution in [0.2, 0.25) is 0 Å². The van der Waals surface area contributed by atoms with Crippen molar-refractivity contribution in [3.63, 3.8) is 0 Å². The van der Waals surface area contributed by atoms with Crippen LogP contribution in [-0.2, 0) is 19.3 Å². The summed E-state index contributed by atoms with van der Waals surface area (Å²) in [6.45, 7) is 18.6. The van der Waals surface area contributed by atoms with E-state index in [0.29, 0.717) is 12.5 Å². The fraction of sp³-hybridized carbons (Fsp3) is 0.378. The molecule has 0 fully saturated rings. The minimum Gasteiger partial charge on any atom is -0.306 e. The number of allylic oxidation sites excluding steroid dienone is 2. The van der Waals surface area contributed by atoms with Gasteiger partial charge in [0.05, 0.1) is 5.56 Å². The first-order chi connectivity index (χ1) is 23.7. The third kappa shape index (κ3) is 11.8. The molecule has 0 saturated carbocycles. The lowest BCUT2D eigenvalue weighted by atomic mass is 9.86. The molecule has 0 aliphatic carbocycles. The van der Waals surface area contributed by atoms with Gasteiger partial charge in [0.15, 0.2) is 0 Å². The summed E-state index contributed by atoms with van der Waals surface area (Å²) in [5.41, 5.74) is 11.6. The zero-order valence-corrected chi connectivity index (χ0v) is 31.1. The molecule has 0 aromatic heterocycles. The highest BCUT2D eigenvalue weighted by molar-refractivity contribution is 5.69. The number of aryl methyl sites for hydroxylation is 2. The zero-order valence-electron chi connectivity index (χ0n) is 31.1. The van der Waals surface area contributed by atoms with Crippen molar-refractivity contribution in [2.45, 2.75) is 111 Å². The number of hydrogen-bond donors (Lipinski definition) is 2. The molecule has 2 N–H and O–H groups in total. The molecule has 2 nitrogen and oxygen atoms in total. The van der Waals surface area contributed by atoms with E-state index in [9.17, 15) is 13.2 Å². The minimum absolute atomic E-state index is 0.0660. The van der Waals surface area contributed by atoms with E-state index in [4.69, 9.17) is 0 Å². The van der Waals surface area contributed by atoms with E-state index >= 15 is 0 Å².